The molecule has 0 radical (unpaired) electrons. The molecular formula is C30H16Br2S3. The van der Waals surface area contributed by atoms with E-state index in [2.05, 4.69) is 129 Å². The van der Waals surface area contributed by atoms with Gasteiger partial charge in [-0.3, -0.25) is 0 Å². The van der Waals surface area contributed by atoms with Crippen molar-refractivity contribution < 1.29 is 0 Å². The summed E-state index contributed by atoms with van der Waals surface area (Å²) in [7, 11) is 0. The zero-order valence-corrected chi connectivity index (χ0v) is 23.8. The van der Waals surface area contributed by atoms with Gasteiger partial charge in [-0.05, 0) is 76.9 Å². The van der Waals surface area contributed by atoms with Gasteiger partial charge >= 0.3 is 0 Å². The molecule has 35 heavy (non-hydrogen) atoms. The molecule has 7 rings (SSSR count). The van der Waals surface area contributed by atoms with Crippen molar-refractivity contribution in [3.8, 4) is 22.3 Å². The van der Waals surface area contributed by atoms with Gasteiger partial charge in [0.05, 0.1) is 0 Å². The normalized spacial score (nSPS) is 12.6. The van der Waals surface area contributed by atoms with Crippen molar-refractivity contribution in [3.05, 3.63) is 106 Å². The Morgan fingerprint density at radius 1 is 0.429 bits per heavy atom. The molecule has 1 aromatic heterocycles. The van der Waals surface area contributed by atoms with Crippen molar-refractivity contribution in [3.63, 3.8) is 0 Å². The predicted octanol–water partition coefficient (Wildman–Crippen LogP) is 11.5. The Hall–Kier alpha value is -2.02. The van der Waals surface area contributed by atoms with Crippen LogP contribution in [0.2, 0.25) is 0 Å². The third kappa shape index (κ3) is 4.08. The van der Waals surface area contributed by atoms with Crippen molar-refractivity contribution >= 4 is 86.9 Å². The van der Waals surface area contributed by atoms with Gasteiger partial charge < -0.3 is 0 Å². The van der Waals surface area contributed by atoms with Gasteiger partial charge in [0.2, 0.25) is 0 Å². The quantitative estimate of drug-likeness (QED) is 0.186. The summed E-state index contributed by atoms with van der Waals surface area (Å²) in [6.45, 7) is 0. The van der Waals surface area contributed by atoms with E-state index in [9.17, 15) is 0 Å². The Labute approximate surface area is 233 Å². The van der Waals surface area contributed by atoms with Crippen LogP contribution in [-0.4, -0.2) is 0 Å². The van der Waals surface area contributed by atoms with E-state index in [0.717, 1.165) is 8.95 Å². The lowest BCUT2D eigenvalue weighted by molar-refractivity contribution is 1.16. The van der Waals surface area contributed by atoms with Crippen LogP contribution in [0.3, 0.4) is 0 Å². The average molecular weight is 632 g/mol. The summed E-state index contributed by atoms with van der Waals surface area (Å²) in [4.78, 5) is 5.28. The molecule has 0 bridgehead atoms. The minimum Gasteiger partial charge on any atom is -0.135 e. The summed E-state index contributed by atoms with van der Waals surface area (Å²) in [5, 5.41) is 2.70. The maximum Gasteiger partial charge on any atom is 0.0361 e. The van der Waals surface area contributed by atoms with Gasteiger partial charge in [0.25, 0.3) is 0 Å². The van der Waals surface area contributed by atoms with Gasteiger partial charge in [-0.1, -0.05) is 97.8 Å². The second-order valence-electron chi connectivity index (χ2n) is 8.49. The first-order chi connectivity index (χ1) is 17.1. The highest BCUT2D eigenvalue weighted by Crippen LogP contribution is 2.50. The molecular weight excluding hydrogens is 616 g/mol. The number of benzene rings is 5. The zero-order valence-electron chi connectivity index (χ0n) is 18.2. The number of hydrogen-bond donors (Lipinski definition) is 0. The first-order valence-electron chi connectivity index (χ1n) is 11.1. The maximum atomic E-state index is 3.62. The van der Waals surface area contributed by atoms with Crippen LogP contribution in [0.1, 0.15) is 0 Å². The van der Waals surface area contributed by atoms with Crippen molar-refractivity contribution in [2.45, 2.75) is 19.6 Å². The highest BCUT2D eigenvalue weighted by atomic mass is 79.9. The van der Waals surface area contributed by atoms with Gasteiger partial charge in [0.15, 0.2) is 0 Å². The minimum absolute atomic E-state index is 1.08. The second-order valence-corrected chi connectivity index (χ2v) is 13.6. The van der Waals surface area contributed by atoms with Crippen molar-refractivity contribution in [2.24, 2.45) is 0 Å². The fourth-order valence-electron chi connectivity index (χ4n) is 4.57. The smallest absolute Gasteiger partial charge is 0.0361 e. The van der Waals surface area contributed by atoms with Gasteiger partial charge in [-0.25, -0.2) is 0 Å². The van der Waals surface area contributed by atoms with Crippen LogP contribution in [0.15, 0.2) is 126 Å². The van der Waals surface area contributed by atoms with Crippen LogP contribution in [0, 0.1) is 0 Å². The molecule has 5 aromatic carbocycles. The number of fused-ring (bicyclic) bond motifs is 5. The largest absolute Gasteiger partial charge is 0.135 e. The van der Waals surface area contributed by atoms with Gasteiger partial charge in [0, 0.05) is 48.7 Å². The SMILES string of the molecule is Brc1cc(Br)cc(-c2ccc3c(c2)Sc2ccc(-c4ccc5c(c4)sc4ccccc45)cc2S3)c1. The molecule has 1 aliphatic rings. The third-order valence-electron chi connectivity index (χ3n) is 6.24. The molecule has 0 saturated carbocycles. The molecule has 0 atom stereocenters. The lowest BCUT2D eigenvalue weighted by Crippen LogP contribution is -1.91. The fraction of sp³-hybridized carbons (Fsp3) is 0. The standard InChI is InChI=1S/C30H16Br2S3/c31-21-11-20(12-22(32)16-21)19-7-10-27-30(15-19)35-26-9-6-18(14-29(26)34-27)17-5-8-24-23-3-1-2-4-25(23)33-28(24)13-17/h1-16H. The summed E-state index contributed by atoms with van der Waals surface area (Å²) in [6.07, 6.45) is 0. The van der Waals surface area contributed by atoms with Gasteiger partial charge in [-0.15, -0.1) is 11.3 Å². The van der Waals surface area contributed by atoms with Crippen LogP contribution >= 0.6 is 66.7 Å². The van der Waals surface area contributed by atoms with Crippen LogP contribution < -0.4 is 0 Å². The molecule has 0 unspecified atom stereocenters. The zero-order chi connectivity index (χ0) is 23.5. The number of thiophene rings is 1. The number of hydrogen-bond acceptors (Lipinski definition) is 3. The lowest BCUT2D eigenvalue weighted by atomic mass is 10.0. The molecule has 0 spiro atoms. The van der Waals surface area contributed by atoms with E-state index in [1.165, 1.54) is 62.0 Å². The molecule has 0 nitrogen and oxygen atoms in total. The third-order valence-corrected chi connectivity index (χ3v) is 10.8. The van der Waals surface area contributed by atoms with Crippen LogP contribution in [0.5, 0.6) is 0 Å². The summed E-state index contributed by atoms with van der Waals surface area (Å²) in [5.74, 6) is 0. The highest BCUT2D eigenvalue weighted by molar-refractivity contribution is 9.11. The molecule has 168 valence electrons. The van der Waals surface area contributed by atoms with E-state index < -0.39 is 0 Å². The first kappa shape index (κ1) is 22.2. The van der Waals surface area contributed by atoms with E-state index in [-0.39, 0.29) is 0 Å². The predicted molar refractivity (Wildman–Crippen MR) is 160 cm³/mol. The van der Waals surface area contributed by atoms with Crippen LogP contribution in [-0.2, 0) is 0 Å². The lowest BCUT2D eigenvalue weighted by Gasteiger charge is -2.20. The summed E-state index contributed by atoms with van der Waals surface area (Å²) in [6, 6.07) is 35.7. The van der Waals surface area contributed by atoms with Crippen LogP contribution in [0.4, 0.5) is 0 Å². The highest BCUT2D eigenvalue weighted by Gasteiger charge is 2.19. The Morgan fingerprint density at radius 2 is 1.00 bits per heavy atom. The Kier molecular flexibility index (Phi) is 5.60. The number of halogens is 2. The van der Waals surface area contributed by atoms with E-state index in [0.29, 0.717) is 0 Å². The molecule has 0 amide bonds. The molecule has 1 aliphatic heterocycles. The van der Waals surface area contributed by atoms with E-state index in [4.69, 9.17) is 0 Å². The molecule has 5 heteroatoms. The molecule has 2 heterocycles. The van der Waals surface area contributed by atoms with E-state index in [1.807, 2.05) is 34.9 Å². The van der Waals surface area contributed by atoms with Crippen molar-refractivity contribution in [2.75, 3.05) is 0 Å². The van der Waals surface area contributed by atoms with E-state index >= 15 is 0 Å². The van der Waals surface area contributed by atoms with E-state index in [1.54, 1.807) is 0 Å². The Bertz CT molecular complexity index is 1760. The Balaban J connectivity index is 1.23. The monoisotopic (exact) mass is 630 g/mol. The summed E-state index contributed by atoms with van der Waals surface area (Å²) >= 11 is 12.8. The molecule has 0 saturated heterocycles. The average Bonchev–Trinajstić information content (AvgIpc) is 3.24. The molecule has 0 N–H and O–H groups in total. The van der Waals surface area contributed by atoms with Crippen LogP contribution in [0.25, 0.3) is 42.4 Å². The van der Waals surface area contributed by atoms with Crippen molar-refractivity contribution in [1.29, 1.82) is 0 Å². The first-order valence-corrected chi connectivity index (χ1v) is 15.2. The summed E-state index contributed by atoms with van der Waals surface area (Å²) < 4.78 is 4.85. The second kappa shape index (κ2) is 8.82. The topological polar surface area (TPSA) is 0 Å². The van der Waals surface area contributed by atoms with Crippen molar-refractivity contribution in [1.82, 2.24) is 0 Å². The molecule has 0 fully saturated rings. The van der Waals surface area contributed by atoms with Gasteiger partial charge in [-0.2, -0.15) is 0 Å². The number of rotatable bonds is 2. The molecule has 6 aromatic rings. The summed E-state index contributed by atoms with van der Waals surface area (Å²) in [5.41, 5.74) is 4.99. The fourth-order valence-corrected chi connectivity index (χ4v) is 9.28. The minimum atomic E-state index is 1.08. The van der Waals surface area contributed by atoms with Gasteiger partial charge in [0.1, 0.15) is 0 Å². The molecule has 0 aliphatic carbocycles. The maximum absolute atomic E-state index is 3.62. The Morgan fingerprint density at radius 3 is 1.71 bits per heavy atom.